The van der Waals surface area contributed by atoms with Gasteiger partial charge in [0.1, 0.15) is 6.54 Å². The summed E-state index contributed by atoms with van der Waals surface area (Å²) in [6.07, 6.45) is -6.01. The Labute approximate surface area is 158 Å². The highest BCUT2D eigenvalue weighted by Crippen LogP contribution is 2.34. The number of halogens is 3. The van der Waals surface area contributed by atoms with Crippen molar-refractivity contribution in [1.82, 2.24) is 5.32 Å². The van der Waals surface area contributed by atoms with Crippen LogP contribution in [0.2, 0.25) is 0 Å². The number of ether oxygens (including phenoxy) is 1. The van der Waals surface area contributed by atoms with E-state index in [1.54, 1.807) is 30.3 Å². The Bertz CT molecular complexity index is 854. The van der Waals surface area contributed by atoms with Crippen LogP contribution in [0.25, 0.3) is 0 Å². The standard InChI is InChI=1S/C19H17F3N2O4/c1-12(17(26)24-15-10-6-5-9-14(15)19(20,21)22)28-16(25)11-23-18(27)13-7-3-2-4-8-13/h2-10,12H,11H2,1H3,(H,23,27)(H,24,26)/t12-/m1/s1. The zero-order valence-corrected chi connectivity index (χ0v) is 14.7. The van der Waals surface area contributed by atoms with Crippen molar-refractivity contribution in [2.24, 2.45) is 0 Å². The van der Waals surface area contributed by atoms with Crippen LogP contribution in [0.4, 0.5) is 18.9 Å². The Balaban J connectivity index is 1.89. The summed E-state index contributed by atoms with van der Waals surface area (Å²) in [5.41, 5.74) is -1.12. The molecule has 28 heavy (non-hydrogen) atoms. The largest absolute Gasteiger partial charge is 0.451 e. The molecule has 0 radical (unpaired) electrons. The number of hydrogen-bond acceptors (Lipinski definition) is 4. The molecule has 0 aliphatic heterocycles. The van der Waals surface area contributed by atoms with Crippen molar-refractivity contribution in [2.75, 3.05) is 11.9 Å². The van der Waals surface area contributed by atoms with E-state index in [2.05, 4.69) is 10.6 Å². The number of para-hydroxylation sites is 1. The zero-order chi connectivity index (χ0) is 20.7. The number of hydrogen-bond donors (Lipinski definition) is 2. The van der Waals surface area contributed by atoms with Crippen molar-refractivity contribution >= 4 is 23.5 Å². The van der Waals surface area contributed by atoms with E-state index in [4.69, 9.17) is 4.74 Å². The molecule has 0 bridgehead atoms. The molecule has 0 unspecified atom stereocenters. The molecule has 0 aromatic heterocycles. The summed E-state index contributed by atoms with van der Waals surface area (Å²) in [4.78, 5) is 35.7. The van der Waals surface area contributed by atoms with Gasteiger partial charge < -0.3 is 15.4 Å². The molecule has 0 saturated heterocycles. The lowest BCUT2D eigenvalue weighted by molar-refractivity contribution is -0.152. The highest BCUT2D eigenvalue weighted by molar-refractivity contribution is 5.97. The van der Waals surface area contributed by atoms with Gasteiger partial charge in [-0.3, -0.25) is 14.4 Å². The second-order valence-corrected chi connectivity index (χ2v) is 5.71. The van der Waals surface area contributed by atoms with E-state index in [1.165, 1.54) is 19.1 Å². The lowest BCUT2D eigenvalue weighted by Gasteiger charge is -2.17. The molecule has 0 aliphatic rings. The number of carbonyl (C=O) groups is 3. The first-order valence-corrected chi connectivity index (χ1v) is 8.18. The Morgan fingerprint density at radius 3 is 2.25 bits per heavy atom. The normalized spacial score (nSPS) is 12.0. The van der Waals surface area contributed by atoms with Gasteiger partial charge >= 0.3 is 12.1 Å². The van der Waals surface area contributed by atoms with Crippen LogP contribution >= 0.6 is 0 Å². The van der Waals surface area contributed by atoms with Gasteiger partial charge in [0, 0.05) is 5.56 Å². The zero-order valence-electron chi connectivity index (χ0n) is 14.7. The molecule has 2 aromatic carbocycles. The van der Waals surface area contributed by atoms with E-state index in [9.17, 15) is 27.6 Å². The molecular weight excluding hydrogens is 377 g/mol. The number of rotatable bonds is 6. The Kier molecular flexibility index (Phi) is 6.75. The van der Waals surface area contributed by atoms with Gasteiger partial charge in [0.2, 0.25) is 0 Å². The molecule has 2 amide bonds. The van der Waals surface area contributed by atoms with Gasteiger partial charge in [0.25, 0.3) is 11.8 Å². The summed E-state index contributed by atoms with van der Waals surface area (Å²) < 4.78 is 43.7. The minimum atomic E-state index is -4.65. The third-order valence-corrected chi connectivity index (χ3v) is 3.60. The molecule has 1 atom stereocenters. The number of carbonyl (C=O) groups excluding carboxylic acids is 3. The number of amides is 2. The third kappa shape index (κ3) is 5.83. The quantitative estimate of drug-likeness (QED) is 0.738. The molecule has 148 valence electrons. The maximum Gasteiger partial charge on any atom is 0.418 e. The Morgan fingerprint density at radius 2 is 1.61 bits per heavy atom. The average molecular weight is 394 g/mol. The SMILES string of the molecule is C[C@@H](OC(=O)CNC(=O)c1ccccc1)C(=O)Nc1ccccc1C(F)(F)F. The van der Waals surface area contributed by atoms with Gasteiger partial charge in [0.15, 0.2) is 6.10 Å². The van der Waals surface area contributed by atoms with E-state index in [0.29, 0.717) is 5.56 Å². The Hall–Kier alpha value is -3.36. The summed E-state index contributed by atoms with van der Waals surface area (Å²) in [7, 11) is 0. The van der Waals surface area contributed by atoms with E-state index in [0.717, 1.165) is 12.1 Å². The van der Waals surface area contributed by atoms with Crippen LogP contribution in [0.5, 0.6) is 0 Å². The van der Waals surface area contributed by atoms with Crippen molar-refractivity contribution in [3.05, 3.63) is 65.7 Å². The summed E-state index contributed by atoms with van der Waals surface area (Å²) >= 11 is 0. The summed E-state index contributed by atoms with van der Waals surface area (Å²) in [5.74, 6) is -2.34. The molecule has 2 N–H and O–H groups in total. The predicted molar refractivity (Wildman–Crippen MR) is 94.4 cm³/mol. The van der Waals surface area contributed by atoms with Gasteiger partial charge in [-0.05, 0) is 31.2 Å². The highest BCUT2D eigenvalue weighted by Gasteiger charge is 2.34. The fourth-order valence-corrected chi connectivity index (χ4v) is 2.21. The molecule has 9 heteroatoms. The van der Waals surface area contributed by atoms with Crippen molar-refractivity contribution in [2.45, 2.75) is 19.2 Å². The molecule has 6 nitrogen and oxygen atoms in total. The van der Waals surface area contributed by atoms with Gasteiger partial charge in [-0.15, -0.1) is 0 Å². The maximum absolute atomic E-state index is 12.9. The van der Waals surface area contributed by atoms with Gasteiger partial charge in [-0.25, -0.2) is 0 Å². The van der Waals surface area contributed by atoms with Crippen molar-refractivity contribution < 1.29 is 32.3 Å². The van der Waals surface area contributed by atoms with Crippen molar-refractivity contribution in [3.63, 3.8) is 0 Å². The average Bonchev–Trinajstić information content (AvgIpc) is 2.66. The number of anilines is 1. The second-order valence-electron chi connectivity index (χ2n) is 5.71. The summed E-state index contributed by atoms with van der Waals surface area (Å²) in [5, 5.41) is 4.42. The van der Waals surface area contributed by atoms with E-state index in [-0.39, 0.29) is 0 Å². The van der Waals surface area contributed by atoms with E-state index in [1.807, 2.05) is 0 Å². The molecule has 2 rings (SSSR count). The Morgan fingerprint density at radius 1 is 1.00 bits per heavy atom. The third-order valence-electron chi connectivity index (χ3n) is 3.60. The van der Waals surface area contributed by atoms with Gasteiger partial charge in [-0.2, -0.15) is 13.2 Å². The van der Waals surface area contributed by atoms with Crippen LogP contribution < -0.4 is 10.6 Å². The molecule has 0 fully saturated rings. The van der Waals surface area contributed by atoms with Crippen LogP contribution in [-0.2, 0) is 20.5 Å². The van der Waals surface area contributed by atoms with E-state index >= 15 is 0 Å². The second kappa shape index (κ2) is 9.03. The monoisotopic (exact) mass is 394 g/mol. The fraction of sp³-hybridized carbons (Fsp3) is 0.211. The van der Waals surface area contributed by atoms with Gasteiger partial charge in [-0.1, -0.05) is 30.3 Å². The van der Waals surface area contributed by atoms with Crippen LogP contribution in [-0.4, -0.2) is 30.4 Å². The maximum atomic E-state index is 12.9. The molecule has 2 aromatic rings. The number of alkyl halides is 3. The summed E-state index contributed by atoms with van der Waals surface area (Å²) in [6.45, 7) is 0.715. The first kappa shape index (κ1) is 20.9. The smallest absolute Gasteiger partial charge is 0.418 e. The lowest BCUT2D eigenvalue weighted by atomic mass is 10.1. The minimum absolute atomic E-state index is 0.338. The van der Waals surface area contributed by atoms with Crippen molar-refractivity contribution in [1.29, 1.82) is 0 Å². The lowest BCUT2D eigenvalue weighted by Crippen LogP contribution is -2.36. The number of benzene rings is 2. The molecule has 0 saturated carbocycles. The van der Waals surface area contributed by atoms with Crippen LogP contribution in [0.15, 0.2) is 54.6 Å². The van der Waals surface area contributed by atoms with Crippen LogP contribution in [0.1, 0.15) is 22.8 Å². The molecular formula is C19H17F3N2O4. The number of esters is 1. The number of nitrogens with one attached hydrogen (secondary N) is 2. The molecule has 0 heterocycles. The summed E-state index contributed by atoms with van der Waals surface area (Å²) in [6, 6.07) is 12.6. The first-order valence-electron chi connectivity index (χ1n) is 8.18. The topological polar surface area (TPSA) is 84.5 Å². The van der Waals surface area contributed by atoms with Crippen LogP contribution in [0.3, 0.4) is 0 Å². The highest BCUT2D eigenvalue weighted by atomic mass is 19.4. The van der Waals surface area contributed by atoms with E-state index < -0.39 is 47.9 Å². The van der Waals surface area contributed by atoms with Gasteiger partial charge in [0.05, 0.1) is 11.3 Å². The first-order chi connectivity index (χ1) is 13.2. The van der Waals surface area contributed by atoms with Crippen molar-refractivity contribution in [3.8, 4) is 0 Å². The minimum Gasteiger partial charge on any atom is -0.451 e. The molecule has 0 spiro atoms. The molecule has 0 aliphatic carbocycles. The predicted octanol–water partition coefficient (Wildman–Crippen LogP) is 3.01. The van der Waals surface area contributed by atoms with Crippen LogP contribution in [0, 0.1) is 0 Å². The fourth-order valence-electron chi connectivity index (χ4n) is 2.21.